The molecule has 0 unspecified atom stereocenters. The first-order valence-electron chi connectivity index (χ1n) is 16.9. The largest absolute Gasteiger partial charge is 0.340 e. The van der Waals surface area contributed by atoms with E-state index in [9.17, 15) is 9.59 Å². The maximum atomic E-state index is 12.1. The van der Waals surface area contributed by atoms with Gasteiger partial charge in [0.25, 0.3) is 5.56 Å². The van der Waals surface area contributed by atoms with Crippen molar-refractivity contribution < 1.29 is 0 Å². The maximum absolute atomic E-state index is 12.1. The Kier molecular flexibility index (Phi) is 9.05. The van der Waals surface area contributed by atoms with Gasteiger partial charge in [0.15, 0.2) is 0 Å². The number of anilines is 3. The number of nitrogens with zero attached hydrogens (tertiary/aromatic N) is 3. The summed E-state index contributed by atoms with van der Waals surface area (Å²) in [5, 5.41) is 2.47. The third-order valence-electron chi connectivity index (χ3n) is 9.19. The fourth-order valence-corrected chi connectivity index (χ4v) is 6.67. The number of hydrogen-bond acceptors (Lipinski definition) is 3. The summed E-state index contributed by atoms with van der Waals surface area (Å²) < 4.78 is 3.95. The lowest BCUT2D eigenvalue weighted by Gasteiger charge is -2.26. The third-order valence-corrected chi connectivity index (χ3v) is 9.19. The number of benzene rings is 5. The van der Waals surface area contributed by atoms with Crippen LogP contribution in [0, 0.1) is 0 Å². The van der Waals surface area contributed by atoms with E-state index < -0.39 is 0 Å². The zero-order valence-electron chi connectivity index (χ0n) is 27.3. The fourth-order valence-electron chi connectivity index (χ4n) is 6.67. The number of unbranched alkanes of at least 4 members (excludes halogenated alkanes) is 2. The first kappa shape index (κ1) is 31.0. The van der Waals surface area contributed by atoms with Crippen molar-refractivity contribution in [2.45, 2.75) is 52.1 Å². The van der Waals surface area contributed by atoms with Gasteiger partial charge in [0, 0.05) is 64.2 Å². The smallest absolute Gasteiger partial charge is 0.328 e. The quantitative estimate of drug-likeness (QED) is 0.137. The molecule has 0 fully saturated rings. The van der Waals surface area contributed by atoms with Crippen LogP contribution in [-0.2, 0) is 19.5 Å². The number of H-pyrrole nitrogens is 1. The summed E-state index contributed by atoms with van der Waals surface area (Å²) in [6.07, 6.45) is 6.82. The lowest BCUT2D eigenvalue weighted by Crippen LogP contribution is -2.28. The van der Waals surface area contributed by atoms with Crippen LogP contribution in [0.15, 0.2) is 143 Å². The summed E-state index contributed by atoms with van der Waals surface area (Å²) in [4.78, 5) is 28.1. The monoisotopic (exact) mass is 632 g/mol. The van der Waals surface area contributed by atoms with Gasteiger partial charge in [0.05, 0.1) is 0 Å². The van der Waals surface area contributed by atoms with Crippen LogP contribution >= 0.6 is 0 Å². The standard InChI is InChI=1S/C42H40N4O2/c1-2-3-11-31-16-21-35(22-17-31)46(34-12-5-4-6-13-34)36-23-18-32(19-24-36)33-20-25-40-38(30-33)37-14-7-8-15-39(37)45(40)28-10-9-27-44-29-26-41(47)43-42(44)48/h4-8,12-26,29-30H,2-3,9-11,27-28H2,1H3,(H,43,47,48). The molecule has 0 aliphatic carbocycles. The van der Waals surface area contributed by atoms with Crippen molar-refractivity contribution in [3.63, 3.8) is 0 Å². The van der Waals surface area contributed by atoms with Crippen molar-refractivity contribution in [1.29, 1.82) is 0 Å². The van der Waals surface area contributed by atoms with Crippen molar-refractivity contribution >= 4 is 38.9 Å². The highest BCUT2D eigenvalue weighted by Gasteiger charge is 2.14. The van der Waals surface area contributed by atoms with E-state index in [2.05, 4.69) is 143 Å². The van der Waals surface area contributed by atoms with E-state index in [0.717, 1.165) is 42.9 Å². The van der Waals surface area contributed by atoms with E-state index in [1.165, 1.54) is 57.4 Å². The normalized spacial score (nSPS) is 11.4. The summed E-state index contributed by atoms with van der Waals surface area (Å²) in [6, 6.07) is 45.2. The molecule has 240 valence electrons. The summed E-state index contributed by atoms with van der Waals surface area (Å²) in [7, 11) is 0. The Labute approximate surface area is 280 Å². The van der Waals surface area contributed by atoms with Gasteiger partial charge in [-0.1, -0.05) is 80.1 Å². The minimum atomic E-state index is -0.366. The van der Waals surface area contributed by atoms with Crippen molar-refractivity contribution in [2.75, 3.05) is 4.90 Å². The number of aromatic nitrogens is 3. The highest BCUT2D eigenvalue weighted by atomic mass is 16.2. The van der Waals surface area contributed by atoms with Crippen LogP contribution in [0.3, 0.4) is 0 Å². The molecule has 0 bridgehead atoms. The number of nitrogens with one attached hydrogen (secondary N) is 1. The van der Waals surface area contributed by atoms with Crippen LogP contribution in [0.25, 0.3) is 32.9 Å². The molecule has 0 radical (unpaired) electrons. The molecule has 0 aliphatic heterocycles. The Hall–Kier alpha value is -5.62. The molecule has 0 amide bonds. The number of rotatable bonds is 12. The molecule has 0 saturated carbocycles. The molecule has 6 nitrogen and oxygen atoms in total. The second-order valence-corrected chi connectivity index (χ2v) is 12.4. The van der Waals surface area contributed by atoms with Crippen LogP contribution in [-0.4, -0.2) is 14.1 Å². The first-order chi connectivity index (χ1) is 23.6. The molecule has 0 saturated heterocycles. The van der Waals surface area contributed by atoms with Crippen LogP contribution in [0.5, 0.6) is 0 Å². The zero-order valence-corrected chi connectivity index (χ0v) is 27.3. The van der Waals surface area contributed by atoms with Crippen molar-refractivity contribution in [2.24, 2.45) is 0 Å². The summed E-state index contributed by atoms with van der Waals surface area (Å²) in [5.41, 5.74) is 8.82. The number of fused-ring (bicyclic) bond motifs is 3. The fraction of sp³-hybridized carbons (Fsp3) is 0.190. The van der Waals surface area contributed by atoms with Gasteiger partial charge in [-0.2, -0.15) is 0 Å². The molecule has 7 rings (SSSR count). The molecule has 5 aromatic carbocycles. The Morgan fingerprint density at radius 3 is 2.00 bits per heavy atom. The van der Waals surface area contributed by atoms with Gasteiger partial charge in [-0.05, 0) is 97.0 Å². The average molecular weight is 633 g/mol. The Balaban J connectivity index is 1.15. The second kappa shape index (κ2) is 14.0. The van der Waals surface area contributed by atoms with E-state index in [1.54, 1.807) is 10.8 Å². The van der Waals surface area contributed by atoms with Gasteiger partial charge >= 0.3 is 5.69 Å². The zero-order chi connectivity index (χ0) is 32.9. The predicted molar refractivity (Wildman–Crippen MR) is 199 cm³/mol. The first-order valence-corrected chi connectivity index (χ1v) is 16.9. The SMILES string of the molecule is CCCCc1ccc(N(c2ccccc2)c2ccc(-c3ccc4c(c3)c3ccccc3n4CCCCn3ccc(=O)[nH]c3=O)cc2)cc1. The van der Waals surface area contributed by atoms with Crippen LogP contribution in [0.4, 0.5) is 17.1 Å². The van der Waals surface area contributed by atoms with Gasteiger partial charge in [-0.3, -0.25) is 9.78 Å². The predicted octanol–water partition coefficient (Wildman–Crippen LogP) is 9.60. The molecule has 6 heteroatoms. The minimum absolute atomic E-state index is 0.357. The molecule has 0 spiro atoms. The van der Waals surface area contributed by atoms with Crippen LogP contribution < -0.4 is 16.1 Å². The second-order valence-electron chi connectivity index (χ2n) is 12.4. The topological polar surface area (TPSA) is 63.0 Å². The average Bonchev–Trinajstić information content (AvgIpc) is 3.44. The summed E-state index contributed by atoms with van der Waals surface area (Å²) >= 11 is 0. The van der Waals surface area contributed by atoms with Crippen LogP contribution in [0.2, 0.25) is 0 Å². The third kappa shape index (κ3) is 6.47. The summed E-state index contributed by atoms with van der Waals surface area (Å²) in [6.45, 7) is 3.64. The molecule has 0 aliphatic rings. The highest BCUT2D eigenvalue weighted by molar-refractivity contribution is 6.09. The number of hydrogen-bond donors (Lipinski definition) is 1. The number of aryl methyl sites for hydroxylation is 3. The Morgan fingerprint density at radius 1 is 0.604 bits per heavy atom. The molecule has 2 heterocycles. The Bertz CT molecular complexity index is 2260. The van der Waals surface area contributed by atoms with Crippen LogP contribution in [0.1, 0.15) is 38.2 Å². The molecule has 48 heavy (non-hydrogen) atoms. The van der Waals surface area contributed by atoms with Gasteiger partial charge in [-0.15, -0.1) is 0 Å². The van der Waals surface area contributed by atoms with E-state index in [0.29, 0.717) is 6.54 Å². The van der Waals surface area contributed by atoms with E-state index in [-0.39, 0.29) is 11.2 Å². The van der Waals surface area contributed by atoms with Crippen molar-refractivity contribution in [1.82, 2.24) is 14.1 Å². The van der Waals surface area contributed by atoms with Gasteiger partial charge < -0.3 is 14.0 Å². The van der Waals surface area contributed by atoms with Crippen molar-refractivity contribution in [3.05, 3.63) is 160 Å². The highest BCUT2D eigenvalue weighted by Crippen LogP contribution is 2.37. The molecular weight excluding hydrogens is 592 g/mol. The maximum Gasteiger partial charge on any atom is 0.328 e. The van der Waals surface area contributed by atoms with E-state index in [1.807, 2.05) is 0 Å². The molecule has 0 atom stereocenters. The number of para-hydroxylation sites is 2. The van der Waals surface area contributed by atoms with Gasteiger partial charge in [-0.25, -0.2) is 4.79 Å². The van der Waals surface area contributed by atoms with Gasteiger partial charge in [0.2, 0.25) is 0 Å². The Morgan fingerprint density at radius 2 is 1.25 bits per heavy atom. The lowest BCUT2D eigenvalue weighted by molar-refractivity contribution is 0.548. The van der Waals surface area contributed by atoms with E-state index >= 15 is 0 Å². The molecule has 7 aromatic rings. The molecule has 2 aromatic heterocycles. The van der Waals surface area contributed by atoms with E-state index in [4.69, 9.17) is 0 Å². The molecule has 1 N–H and O–H groups in total. The lowest BCUT2D eigenvalue weighted by atomic mass is 10.0. The summed E-state index contributed by atoms with van der Waals surface area (Å²) in [5.74, 6) is 0. The van der Waals surface area contributed by atoms with Crippen molar-refractivity contribution in [3.8, 4) is 11.1 Å². The van der Waals surface area contributed by atoms with Gasteiger partial charge in [0.1, 0.15) is 0 Å². The minimum Gasteiger partial charge on any atom is -0.340 e. The number of aromatic amines is 1. The molecular formula is C42H40N4O2.